The molecule has 1 saturated heterocycles. The number of methoxy groups -OCH3 is 1. The quantitative estimate of drug-likeness (QED) is 0.221. The van der Waals surface area contributed by atoms with Gasteiger partial charge >= 0.3 is 5.97 Å². The van der Waals surface area contributed by atoms with Crippen LogP contribution < -0.4 is 9.47 Å². The van der Waals surface area contributed by atoms with E-state index in [9.17, 15) is 19.1 Å². The minimum Gasteiger partial charge on any atom is -0.497 e. The van der Waals surface area contributed by atoms with E-state index in [0.29, 0.717) is 38.4 Å². The number of para-hydroxylation sites is 1. The summed E-state index contributed by atoms with van der Waals surface area (Å²) in [6.07, 6.45) is 1.75. The molecule has 5 rings (SSSR count). The maximum Gasteiger partial charge on any atom is 0.335 e. The number of aromatic carboxylic acids is 1. The van der Waals surface area contributed by atoms with Crippen LogP contribution in [0.2, 0.25) is 0 Å². The molecule has 1 N–H and O–H groups in total. The van der Waals surface area contributed by atoms with Gasteiger partial charge in [-0.05, 0) is 83.6 Å². The highest BCUT2D eigenvalue weighted by molar-refractivity contribution is 8.18. The molecule has 1 aliphatic heterocycles. The number of carbonyl (C=O) groups is 2. The van der Waals surface area contributed by atoms with Crippen LogP contribution in [-0.4, -0.2) is 34.2 Å². The van der Waals surface area contributed by atoms with Crippen molar-refractivity contribution in [3.8, 4) is 11.5 Å². The van der Waals surface area contributed by atoms with Crippen LogP contribution in [0, 0.1) is 5.82 Å². The summed E-state index contributed by atoms with van der Waals surface area (Å²) in [5, 5.41) is 9.71. The molecule has 1 fully saturated rings. The Morgan fingerprint density at radius 2 is 1.73 bits per heavy atom. The summed E-state index contributed by atoms with van der Waals surface area (Å²) in [5.41, 5.74) is 2.95. The van der Waals surface area contributed by atoms with Gasteiger partial charge in [-0.2, -0.15) is 0 Å². The number of hydrogen-bond acceptors (Lipinski definition) is 6. The van der Waals surface area contributed by atoms with Crippen molar-refractivity contribution in [3.05, 3.63) is 130 Å². The molecule has 4 aromatic carbocycles. The highest BCUT2D eigenvalue weighted by Crippen LogP contribution is 2.37. The van der Waals surface area contributed by atoms with E-state index < -0.39 is 5.97 Å². The lowest BCUT2D eigenvalue weighted by molar-refractivity contribution is -0.122. The number of aliphatic imine (C=N–C) groups is 1. The Morgan fingerprint density at radius 3 is 2.44 bits per heavy atom. The monoisotopic (exact) mass is 568 g/mol. The van der Waals surface area contributed by atoms with Crippen LogP contribution in [-0.2, 0) is 17.9 Å². The van der Waals surface area contributed by atoms with E-state index >= 15 is 0 Å². The van der Waals surface area contributed by atoms with E-state index in [2.05, 4.69) is 0 Å². The summed E-state index contributed by atoms with van der Waals surface area (Å²) in [7, 11) is 1.58. The number of rotatable bonds is 9. The summed E-state index contributed by atoms with van der Waals surface area (Å²) in [4.78, 5) is 31.7. The Morgan fingerprint density at radius 1 is 0.976 bits per heavy atom. The molecule has 0 radical (unpaired) electrons. The molecular weight excluding hydrogens is 543 g/mol. The van der Waals surface area contributed by atoms with Gasteiger partial charge in [0.15, 0.2) is 5.17 Å². The third-order valence-electron chi connectivity index (χ3n) is 6.22. The van der Waals surface area contributed by atoms with Gasteiger partial charge in [0.05, 0.1) is 29.8 Å². The largest absolute Gasteiger partial charge is 0.497 e. The van der Waals surface area contributed by atoms with Gasteiger partial charge < -0.3 is 14.6 Å². The molecular formula is C32H25FN2O5S. The second kappa shape index (κ2) is 12.5. The fourth-order valence-corrected chi connectivity index (χ4v) is 5.08. The zero-order valence-electron chi connectivity index (χ0n) is 22.0. The van der Waals surface area contributed by atoms with E-state index in [4.69, 9.17) is 14.5 Å². The summed E-state index contributed by atoms with van der Waals surface area (Å²) < 4.78 is 24.8. The molecule has 1 heterocycles. The van der Waals surface area contributed by atoms with Crippen LogP contribution in [0.25, 0.3) is 6.08 Å². The number of halogens is 1. The predicted octanol–water partition coefficient (Wildman–Crippen LogP) is 6.92. The van der Waals surface area contributed by atoms with Crippen molar-refractivity contribution in [2.75, 3.05) is 7.11 Å². The number of hydrogen-bond donors (Lipinski definition) is 1. The fourth-order valence-electron chi connectivity index (χ4n) is 4.09. The van der Waals surface area contributed by atoms with E-state index in [1.807, 2.05) is 18.2 Å². The van der Waals surface area contributed by atoms with Crippen molar-refractivity contribution in [2.24, 2.45) is 4.99 Å². The second-order valence-electron chi connectivity index (χ2n) is 9.05. The Kier molecular flexibility index (Phi) is 8.45. The first-order valence-electron chi connectivity index (χ1n) is 12.6. The fraction of sp³-hybridized carbons (Fsp3) is 0.0938. The minimum absolute atomic E-state index is 0.165. The highest BCUT2D eigenvalue weighted by atomic mass is 32.2. The molecule has 0 unspecified atom stereocenters. The summed E-state index contributed by atoms with van der Waals surface area (Å²) in [6, 6.07) is 27.1. The third-order valence-corrected chi connectivity index (χ3v) is 7.22. The zero-order valence-corrected chi connectivity index (χ0v) is 22.8. The van der Waals surface area contributed by atoms with Gasteiger partial charge in [0, 0.05) is 5.56 Å². The SMILES string of the molecule is COc1ccc(N=C2S/C(=C\c3ccccc3OCc3cccc(F)c3)C(=O)N2Cc2ccc(C(=O)O)cc2)cc1. The van der Waals surface area contributed by atoms with Gasteiger partial charge in [-0.1, -0.05) is 42.5 Å². The van der Waals surface area contributed by atoms with E-state index in [-0.39, 0.29) is 30.4 Å². The average Bonchev–Trinajstić information content (AvgIpc) is 3.26. The summed E-state index contributed by atoms with van der Waals surface area (Å²) >= 11 is 1.24. The number of ether oxygens (including phenoxy) is 2. The highest BCUT2D eigenvalue weighted by Gasteiger charge is 2.33. The summed E-state index contributed by atoms with van der Waals surface area (Å²) in [6.45, 7) is 0.372. The molecule has 9 heteroatoms. The zero-order chi connectivity index (χ0) is 28.8. The Hall–Kier alpha value is -4.89. The third kappa shape index (κ3) is 6.82. The maximum absolute atomic E-state index is 13.7. The number of benzene rings is 4. The molecule has 0 spiro atoms. The van der Waals surface area contributed by atoms with Gasteiger partial charge in [0.25, 0.3) is 5.91 Å². The molecule has 1 aliphatic rings. The number of carboxylic acids is 1. The average molecular weight is 569 g/mol. The molecule has 0 aliphatic carbocycles. The molecule has 0 saturated carbocycles. The molecule has 0 aromatic heterocycles. The minimum atomic E-state index is -1.02. The number of amidine groups is 1. The van der Waals surface area contributed by atoms with Crippen molar-refractivity contribution in [1.29, 1.82) is 0 Å². The number of nitrogens with zero attached hydrogens (tertiary/aromatic N) is 2. The van der Waals surface area contributed by atoms with E-state index in [1.54, 1.807) is 72.7 Å². The van der Waals surface area contributed by atoms with Gasteiger partial charge in [-0.3, -0.25) is 9.69 Å². The van der Waals surface area contributed by atoms with Crippen molar-refractivity contribution in [2.45, 2.75) is 13.2 Å². The first-order chi connectivity index (χ1) is 19.9. The van der Waals surface area contributed by atoms with Crippen molar-refractivity contribution in [3.63, 3.8) is 0 Å². The van der Waals surface area contributed by atoms with Gasteiger partial charge in [-0.15, -0.1) is 0 Å². The van der Waals surface area contributed by atoms with Crippen molar-refractivity contribution >= 4 is 40.6 Å². The van der Waals surface area contributed by atoms with Gasteiger partial charge in [-0.25, -0.2) is 14.2 Å². The second-order valence-corrected chi connectivity index (χ2v) is 10.1. The molecule has 0 bridgehead atoms. The van der Waals surface area contributed by atoms with Gasteiger partial charge in [0.1, 0.15) is 23.9 Å². The molecule has 4 aromatic rings. The lowest BCUT2D eigenvalue weighted by atomic mass is 10.1. The predicted molar refractivity (Wildman–Crippen MR) is 157 cm³/mol. The lowest BCUT2D eigenvalue weighted by Crippen LogP contribution is -2.28. The van der Waals surface area contributed by atoms with Crippen molar-refractivity contribution in [1.82, 2.24) is 4.90 Å². The number of carboxylic acid groups (broad SMARTS) is 1. The van der Waals surface area contributed by atoms with E-state index in [0.717, 1.165) is 5.56 Å². The number of carbonyl (C=O) groups excluding carboxylic acids is 1. The molecule has 0 atom stereocenters. The lowest BCUT2D eigenvalue weighted by Gasteiger charge is -2.16. The first-order valence-corrected chi connectivity index (χ1v) is 13.4. The van der Waals surface area contributed by atoms with Crippen LogP contribution >= 0.6 is 11.8 Å². The van der Waals surface area contributed by atoms with E-state index in [1.165, 1.54) is 36.0 Å². The van der Waals surface area contributed by atoms with Crippen molar-refractivity contribution < 1.29 is 28.6 Å². The topological polar surface area (TPSA) is 88.4 Å². The smallest absolute Gasteiger partial charge is 0.335 e. The van der Waals surface area contributed by atoms with Crippen LogP contribution in [0.5, 0.6) is 11.5 Å². The van der Waals surface area contributed by atoms with Crippen LogP contribution in [0.4, 0.5) is 10.1 Å². The molecule has 7 nitrogen and oxygen atoms in total. The van der Waals surface area contributed by atoms with Crippen LogP contribution in [0.15, 0.2) is 107 Å². The van der Waals surface area contributed by atoms with Crippen LogP contribution in [0.1, 0.15) is 27.0 Å². The molecule has 206 valence electrons. The van der Waals surface area contributed by atoms with Crippen LogP contribution in [0.3, 0.4) is 0 Å². The number of thioether (sulfide) groups is 1. The Balaban J connectivity index is 1.44. The standard InChI is InChI=1S/C32H25FN2O5S/c1-39-27-15-13-26(14-16-27)34-32-35(19-21-9-11-23(12-10-21)31(37)38)30(36)29(41-32)18-24-6-2-3-8-28(24)40-20-22-5-4-7-25(33)17-22/h2-18H,19-20H2,1H3,(H,37,38)/b29-18-,34-32?. The van der Waals surface area contributed by atoms with Gasteiger partial charge in [0.2, 0.25) is 0 Å². The molecule has 41 heavy (non-hydrogen) atoms. The summed E-state index contributed by atoms with van der Waals surface area (Å²) in [5.74, 6) is -0.362. The Labute approximate surface area is 240 Å². The number of amides is 1. The maximum atomic E-state index is 13.7. The normalized spacial score (nSPS) is 15.0. The Bertz CT molecular complexity index is 1630. The first kappa shape index (κ1) is 27.7. The molecule has 1 amide bonds.